The molecular formula is C19H18F3NO5S. The first kappa shape index (κ1) is 22.6. The fourth-order valence-electron chi connectivity index (χ4n) is 2.64. The Bertz CT molecular complexity index is 972. The van der Waals surface area contributed by atoms with E-state index in [1.165, 1.54) is 0 Å². The second kappa shape index (κ2) is 9.19. The zero-order valence-corrected chi connectivity index (χ0v) is 15.8. The zero-order chi connectivity index (χ0) is 21.7. The number of alkyl halides is 3. The molecule has 2 rings (SSSR count). The number of benzene rings is 2. The van der Waals surface area contributed by atoms with Gasteiger partial charge >= 0.3 is 12.1 Å². The highest BCUT2D eigenvalue weighted by atomic mass is 32.2. The number of aliphatic carboxylic acids is 1. The lowest BCUT2D eigenvalue weighted by Crippen LogP contribution is -2.26. The molecule has 0 aliphatic heterocycles. The Morgan fingerprint density at radius 3 is 2.34 bits per heavy atom. The lowest BCUT2D eigenvalue weighted by Gasteiger charge is -2.11. The summed E-state index contributed by atoms with van der Waals surface area (Å²) in [5.41, 5.74) is 0.0768. The number of nitrogens with one attached hydrogen (secondary N) is 1. The molecule has 0 bridgehead atoms. The van der Waals surface area contributed by atoms with Crippen molar-refractivity contribution in [1.29, 1.82) is 0 Å². The van der Waals surface area contributed by atoms with Gasteiger partial charge < -0.3 is 9.90 Å². The Balaban J connectivity index is 2.02. The molecule has 0 spiro atoms. The van der Waals surface area contributed by atoms with Crippen molar-refractivity contribution in [2.24, 2.45) is 0 Å². The molecule has 2 aromatic carbocycles. The SMILES string of the molecule is O=CCC(C(=O)O)c1ccc(CCNS(=O)(=O)c2cccc(C(F)(F)F)c2)cc1. The number of rotatable bonds is 9. The summed E-state index contributed by atoms with van der Waals surface area (Å²) >= 11 is 0. The van der Waals surface area contributed by atoms with Crippen LogP contribution in [0.1, 0.15) is 29.0 Å². The van der Waals surface area contributed by atoms with Gasteiger partial charge in [0.05, 0.1) is 16.4 Å². The monoisotopic (exact) mass is 429 g/mol. The number of carbonyl (C=O) groups excluding carboxylic acids is 1. The second-order valence-corrected chi connectivity index (χ2v) is 7.98. The van der Waals surface area contributed by atoms with Gasteiger partial charge in [-0.15, -0.1) is 0 Å². The molecule has 2 aromatic rings. The van der Waals surface area contributed by atoms with Crippen molar-refractivity contribution in [1.82, 2.24) is 4.72 Å². The number of sulfonamides is 1. The van der Waals surface area contributed by atoms with E-state index in [0.717, 1.165) is 18.2 Å². The van der Waals surface area contributed by atoms with Crippen LogP contribution >= 0.6 is 0 Å². The minimum atomic E-state index is -4.65. The normalized spacial score (nSPS) is 13.1. The van der Waals surface area contributed by atoms with E-state index in [9.17, 15) is 31.2 Å². The van der Waals surface area contributed by atoms with E-state index >= 15 is 0 Å². The van der Waals surface area contributed by atoms with Gasteiger partial charge in [0.1, 0.15) is 6.29 Å². The van der Waals surface area contributed by atoms with Gasteiger partial charge in [0.25, 0.3) is 0 Å². The standard InChI is InChI=1S/C19H18F3NO5S/c20-19(21,22)15-2-1-3-16(12-15)29(27,28)23-10-8-13-4-6-14(7-5-13)17(9-11-24)18(25)26/h1-7,11-12,17,23H,8-10H2,(H,25,26). The van der Waals surface area contributed by atoms with E-state index in [1.54, 1.807) is 24.3 Å². The van der Waals surface area contributed by atoms with E-state index in [1.807, 2.05) is 0 Å². The van der Waals surface area contributed by atoms with Gasteiger partial charge in [-0.1, -0.05) is 30.3 Å². The second-order valence-electron chi connectivity index (χ2n) is 6.21. The lowest BCUT2D eigenvalue weighted by atomic mass is 9.95. The predicted molar refractivity (Wildman–Crippen MR) is 97.8 cm³/mol. The maximum absolute atomic E-state index is 12.7. The molecule has 0 heterocycles. The van der Waals surface area contributed by atoms with Gasteiger partial charge in [-0.05, 0) is 35.7 Å². The topological polar surface area (TPSA) is 101 Å². The number of carboxylic acid groups (broad SMARTS) is 1. The summed E-state index contributed by atoms with van der Waals surface area (Å²) in [4.78, 5) is 21.3. The third kappa shape index (κ3) is 6.13. The van der Waals surface area contributed by atoms with E-state index in [4.69, 9.17) is 5.11 Å². The molecule has 6 nitrogen and oxygen atoms in total. The van der Waals surface area contributed by atoms with Gasteiger partial charge in [-0.2, -0.15) is 13.2 Å². The number of carbonyl (C=O) groups is 2. The van der Waals surface area contributed by atoms with Gasteiger partial charge in [-0.25, -0.2) is 13.1 Å². The van der Waals surface area contributed by atoms with Crippen molar-refractivity contribution in [3.8, 4) is 0 Å². The first-order chi connectivity index (χ1) is 13.5. The highest BCUT2D eigenvalue weighted by Gasteiger charge is 2.31. The summed E-state index contributed by atoms with van der Waals surface area (Å²) in [5, 5.41) is 9.13. The Labute approximate surface area is 165 Å². The van der Waals surface area contributed by atoms with Crippen molar-refractivity contribution in [3.05, 3.63) is 65.2 Å². The number of hydrogen-bond acceptors (Lipinski definition) is 4. The zero-order valence-electron chi connectivity index (χ0n) is 15.0. The van der Waals surface area contributed by atoms with E-state index in [-0.39, 0.29) is 19.4 Å². The van der Waals surface area contributed by atoms with E-state index in [2.05, 4.69) is 4.72 Å². The van der Waals surface area contributed by atoms with Gasteiger partial charge in [0, 0.05) is 13.0 Å². The largest absolute Gasteiger partial charge is 0.481 e. The molecule has 0 aromatic heterocycles. The molecule has 0 aliphatic carbocycles. The fourth-order valence-corrected chi connectivity index (χ4v) is 3.72. The van der Waals surface area contributed by atoms with Gasteiger partial charge in [-0.3, -0.25) is 4.79 Å². The molecule has 0 aliphatic rings. The number of hydrogen-bond donors (Lipinski definition) is 2. The highest BCUT2D eigenvalue weighted by molar-refractivity contribution is 7.89. The van der Waals surface area contributed by atoms with Gasteiger partial charge in [0.15, 0.2) is 0 Å². The Morgan fingerprint density at radius 2 is 1.79 bits per heavy atom. The van der Waals surface area contributed by atoms with Crippen molar-refractivity contribution >= 4 is 22.3 Å². The smallest absolute Gasteiger partial charge is 0.416 e. The van der Waals surface area contributed by atoms with Crippen molar-refractivity contribution in [2.45, 2.75) is 29.8 Å². The average Bonchev–Trinajstić information content (AvgIpc) is 2.66. The molecule has 1 unspecified atom stereocenters. The summed E-state index contributed by atoms with van der Waals surface area (Å²) in [7, 11) is -4.12. The van der Waals surface area contributed by atoms with Crippen molar-refractivity contribution in [2.75, 3.05) is 6.54 Å². The summed E-state index contributed by atoms with van der Waals surface area (Å²) in [6.45, 7) is -0.0609. The summed E-state index contributed by atoms with van der Waals surface area (Å²) in [5.74, 6) is -2.08. The highest BCUT2D eigenvalue weighted by Crippen LogP contribution is 2.30. The van der Waals surface area contributed by atoms with Crippen LogP contribution in [0.25, 0.3) is 0 Å². The molecule has 0 fully saturated rings. The first-order valence-corrected chi connectivity index (χ1v) is 9.95. The van der Waals surface area contributed by atoms with Crippen LogP contribution in [-0.4, -0.2) is 32.3 Å². The minimum Gasteiger partial charge on any atom is -0.481 e. The summed E-state index contributed by atoms with van der Waals surface area (Å²) < 4.78 is 64.9. The van der Waals surface area contributed by atoms with Crippen molar-refractivity contribution < 1.29 is 36.3 Å². The fraction of sp³-hybridized carbons (Fsp3) is 0.263. The van der Waals surface area contributed by atoms with Crippen LogP contribution < -0.4 is 4.72 Å². The molecule has 2 N–H and O–H groups in total. The number of aldehydes is 1. The third-order valence-corrected chi connectivity index (χ3v) is 5.65. The first-order valence-electron chi connectivity index (χ1n) is 8.47. The van der Waals surface area contributed by atoms with Gasteiger partial charge in [0.2, 0.25) is 10.0 Å². The van der Waals surface area contributed by atoms with Crippen LogP contribution in [0.3, 0.4) is 0 Å². The minimum absolute atomic E-state index is 0.0609. The lowest BCUT2D eigenvalue weighted by molar-refractivity contribution is -0.140. The molecular weight excluding hydrogens is 411 g/mol. The van der Waals surface area contributed by atoms with E-state index < -0.39 is 38.5 Å². The maximum Gasteiger partial charge on any atom is 0.416 e. The van der Waals surface area contributed by atoms with E-state index in [0.29, 0.717) is 23.5 Å². The molecule has 0 saturated heterocycles. The molecule has 29 heavy (non-hydrogen) atoms. The molecule has 156 valence electrons. The number of carboxylic acids is 1. The van der Waals surface area contributed by atoms with Crippen LogP contribution in [0.4, 0.5) is 13.2 Å². The Morgan fingerprint density at radius 1 is 1.14 bits per heavy atom. The van der Waals surface area contributed by atoms with Crippen LogP contribution in [0.2, 0.25) is 0 Å². The quantitative estimate of drug-likeness (QED) is 0.597. The third-order valence-electron chi connectivity index (χ3n) is 4.19. The molecule has 0 amide bonds. The summed E-state index contributed by atoms with van der Waals surface area (Å²) in [6, 6.07) is 9.74. The molecule has 0 saturated carbocycles. The predicted octanol–water partition coefficient (Wildman–Crippen LogP) is 2.98. The average molecular weight is 429 g/mol. The van der Waals surface area contributed by atoms with Crippen LogP contribution in [0.15, 0.2) is 53.4 Å². The number of halogens is 3. The molecule has 10 heteroatoms. The van der Waals surface area contributed by atoms with Crippen molar-refractivity contribution in [3.63, 3.8) is 0 Å². The molecule has 0 radical (unpaired) electrons. The Kier molecular flexibility index (Phi) is 7.15. The molecule has 1 atom stereocenters. The van der Waals surface area contributed by atoms with Crippen LogP contribution in [0, 0.1) is 0 Å². The summed E-state index contributed by atoms with van der Waals surface area (Å²) in [6.07, 6.45) is -4.05. The maximum atomic E-state index is 12.7. The Hall–Kier alpha value is -2.72. The van der Waals surface area contributed by atoms with Crippen LogP contribution in [-0.2, 0) is 32.2 Å². The van der Waals surface area contributed by atoms with Crippen LogP contribution in [0.5, 0.6) is 0 Å².